The van der Waals surface area contributed by atoms with Crippen LogP contribution in [0.4, 0.5) is 13.2 Å². The van der Waals surface area contributed by atoms with E-state index in [0.29, 0.717) is 18.1 Å². The first-order valence-electron chi connectivity index (χ1n) is 9.34. The van der Waals surface area contributed by atoms with Crippen molar-refractivity contribution in [2.45, 2.75) is 64.4 Å². The van der Waals surface area contributed by atoms with Crippen LogP contribution in [0.1, 0.15) is 70.0 Å². The van der Waals surface area contributed by atoms with E-state index in [9.17, 15) is 13.2 Å². The summed E-state index contributed by atoms with van der Waals surface area (Å²) in [5, 5.41) is 0. The first-order chi connectivity index (χ1) is 11.6. The molecule has 0 unspecified atom stereocenters. The third kappa shape index (κ3) is 3.96. The highest BCUT2D eigenvalue weighted by molar-refractivity contribution is 5.22. The van der Waals surface area contributed by atoms with E-state index in [-0.39, 0.29) is 6.10 Å². The summed E-state index contributed by atoms with van der Waals surface area (Å²) in [6.45, 7) is 2.90. The van der Waals surface area contributed by atoms with Gasteiger partial charge in [-0.25, -0.2) is 13.2 Å². The van der Waals surface area contributed by atoms with Gasteiger partial charge in [0.2, 0.25) is 0 Å². The first-order valence-corrected chi connectivity index (χ1v) is 9.34. The van der Waals surface area contributed by atoms with E-state index in [4.69, 9.17) is 4.74 Å². The lowest BCUT2D eigenvalue weighted by molar-refractivity contribution is -0.0407. The molecule has 1 aromatic carbocycles. The van der Waals surface area contributed by atoms with Crippen LogP contribution in [0, 0.1) is 35.2 Å². The Morgan fingerprint density at radius 2 is 1.54 bits per heavy atom. The van der Waals surface area contributed by atoms with Crippen molar-refractivity contribution in [2.24, 2.45) is 17.8 Å². The van der Waals surface area contributed by atoms with Crippen molar-refractivity contribution in [1.29, 1.82) is 0 Å². The minimum atomic E-state index is -1.41. The van der Waals surface area contributed by atoms with Gasteiger partial charge in [-0.05, 0) is 61.1 Å². The molecule has 0 radical (unpaired) electrons. The van der Waals surface area contributed by atoms with Gasteiger partial charge in [-0.1, -0.05) is 32.6 Å². The lowest BCUT2D eigenvalue weighted by Crippen LogP contribution is -2.29. The number of hydrogen-bond acceptors (Lipinski definition) is 1. The lowest BCUT2D eigenvalue weighted by atomic mass is 9.73. The first kappa shape index (κ1) is 17.8. The van der Waals surface area contributed by atoms with E-state index in [1.54, 1.807) is 0 Å². The van der Waals surface area contributed by atoms with E-state index in [1.165, 1.54) is 38.5 Å². The molecule has 1 aromatic rings. The predicted octanol–water partition coefficient (Wildman–Crippen LogP) is 6.18. The summed E-state index contributed by atoms with van der Waals surface area (Å²) < 4.78 is 45.8. The fraction of sp³-hybridized carbons (Fsp3) is 0.700. The summed E-state index contributed by atoms with van der Waals surface area (Å²) in [5.74, 6) is -1.50. The molecular formula is C20H27F3O. The zero-order chi connectivity index (χ0) is 17.1. The molecular weight excluding hydrogens is 313 g/mol. The second-order valence-electron chi connectivity index (χ2n) is 7.53. The van der Waals surface area contributed by atoms with Gasteiger partial charge < -0.3 is 4.74 Å². The van der Waals surface area contributed by atoms with Crippen LogP contribution in [0.3, 0.4) is 0 Å². The molecule has 4 heteroatoms. The van der Waals surface area contributed by atoms with Crippen LogP contribution in [0.5, 0.6) is 0 Å². The van der Waals surface area contributed by atoms with Crippen molar-refractivity contribution < 1.29 is 17.9 Å². The van der Waals surface area contributed by atoms with Crippen molar-refractivity contribution in [1.82, 2.24) is 0 Å². The minimum Gasteiger partial charge on any atom is -0.373 e. The summed E-state index contributed by atoms with van der Waals surface area (Å²) in [6, 6.07) is 2.14. The number of rotatable bonds is 4. The molecule has 1 heterocycles. The third-order valence-electron chi connectivity index (χ3n) is 5.94. The van der Waals surface area contributed by atoms with Crippen molar-refractivity contribution in [3.63, 3.8) is 0 Å². The molecule has 3 rings (SSSR count). The van der Waals surface area contributed by atoms with Gasteiger partial charge in [0.1, 0.15) is 0 Å². The van der Waals surface area contributed by atoms with Gasteiger partial charge in [0.25, 0.3) is 0 Å². The third-order valence-corrected chi connectivity index (χ3v) is 5.94. The fourth-order valence-electron chi connectivity index (χ4n) is 4.52. The molecule has 1 aliphatic heterocycles. The summed E-state index contributed by atoms with van der Waals surface area (Å²) in [7, 11) is 0. The van der Waals surface area contributed by atoms with Crippen molar-refractivity contribution in [3.8, 4) is 0 Å². The van der Waals surface area contributed by atoms with Crippen LogP contribution in [-0.2, 0) is 4.74 Å². The molecule has 1 saturated heterocycles. The van der Waals surface area contributed by atoms with Gasteiger partial charge >= 0.3 is 0 Å². The van der Waals surface area contributed by atoms with Crippen LogP contribution in [0.15, 0.2) is 12.1 Å². The fourth-order valence-corrected chi connectivity index (χ4v) is 4.52. The molecule has 0 spiro atoms. The van der Waals surface area contributed by atoms with E-state index < -0.39 is 17.5 Å². The van der Waals surface area contributed by atoms with Gasteiger partial charge in [0.05, 0.1) is 12.7 Å². The molecule has 1 aliphatic carbocycles. The smallest absolute Gasteiger partial charge is 0.194 e. The maximum atomic E-state index is 13.4. The summed E-state index contributed by atoms with van der Waals surface area (Å²) in [4.78, 5) is 0. The molecule has 1 nitrogen and oxygen atoms in total. The topological polar surface area (TPSA) is 9.23 Å². The Hall–Kier alpha value is -1.03. The van der Waals surface area contributed by atoms with Crippen LogP contribution < -0.4 is 0 Å². The molecule has 0 bridgehead atoms. The quantitative estimate of drug-likeness (QED) is 0.595. The van der Waals surface area contributed by atoms with Crippen molar-refractivity contribution >= 4 is 0 Å². The van der Waals surface area contributed by atoms with Gasteiger partial charge in [-0.3, -0.25) is 0 Å². The van der Waals surface area contributed by atoms with Crippen LogP contribution >= 0.6 is 0 Å². The molecule has 2 aliphatic rings. The number of ether oxygens (including phenoxy) is 1. The Kier molecular flexibility index (Phi) is 5.85. The Balaban J connectivity index is 1.53. The largest absolute Gasteiger partial charge is 0.373 e. The SMILES string of the molecule is CCCC1CCC([C@H]2CC[C@H](c3cc(F)c(F)c(F)c3)OC2)CC1. The average molecular weight is 340 g/mol. The molecule has 1 saturated carbocycles. The van der Waals surface area contributed by atoms with Crippen LogP contribution in [0.25, 0.3) is 0 Å². The number of benzene rings is 1. The lowest BCUT2D eigenvalue weighted by Gasteiger charge is -2.38. The van der Waals surface area contributed by atoms with Crippen LogP contribution in [-0.4, -0.2) is 6.61 Å². The molecule has 134 valence electrons. The van der Waals surface area contributed by atoms with Gasteiger partial charge in [-0.15, -0.1) is 0 Å². The summed E-state index contributed by atoms with van der Waals surface area (Å²) >= 11 is 0. The average Bonchev–Trinajstić information content (AvgIpc) is 2.60. The monoisotopic (exact) mass is 340 g/mol. The number of halogens is 3. The zero-order valence-electron chi connectivity index (χ0n) is 14.4. The van der Waals surface area contributed by atoms with Crippen molar-refractivity contribution in [2.75, 3.05) is 6.61 Å². The van der Waals surface area contributed by atoms with E-state index in [2.05, 4.69) is 6.92 Å². The maximum absolute atomic E-state index is 13.4. The highest BCUT2D eigenvalue weighted by atomic mass is 19.2. The van der Waals surface area contributed by atoms with E-state index in [0.717, 1.165) is 36.8 Å². The van der Waals surface area contributed by atoms with Gasteiger partial charge in [-0.2, -0.15) is 0 Å². The molecule has 2 fully saturated rings. The van der Waals surface area contributed by atoms with E-state index in [1.807, 2.05) is 0 Å². The molecule has 2 atom stereocenters. The summed E-state index contributed by atoms with van der Waals surface area (Å²) in [6.07, 6.45) is 9.29. The number of hydrogen-bond donors (Lipinski definition) is 0. The molecule has 0 amide bonds. The summed E-state index contributed by atoms with van der Waals surface area (Å²) in [5.41, 5.74) is 0.413. The molecule has 0 N–H and O–H groups in total. The minimum absolute atomic E-state index is 0.317. The van der Waals surface area contributed by atoms with Crippen molar-refractivity contribution in [3.05, 3.63) is 35.1 Å². The zero-order valence-corrected chi connectivity index (χ0v) is 14.4. The second kappa shape index (κ2) is 7.90. The predicted molar refractivity (Wildman–Crippen MR) is 88.1 cm³/mol. The van der Waals surface area contributed by atoms with Gasteiger partial charge in [0, 0.05) is 0 Å². The Labute approximate surface area is 142 Å². The van der Waals surface area contributed by atoms with Crippen LogP contribution in [0.2, 0.25) is 0 Å². The van der Waals surface area contributed by atoms with Gasteiger partial charge in [0.15, 0.2) is 17.5 Å². The second-order valence-corrected chi connectivity index (χ2v) is 7.53. The highest BCUT2D eigenvalue weighted by Crippen LogP contribution is 2.41. The molecule has 0 aromatic heterocycles. The Morgan fingerprint density at radius 3 is 2.08 bits per heavy atom. The maximum Gasteiger partial charge on any atom is 0.194 e. The molecule has 24 heavy (non-hydrogen) atoms. The normalized spacial score (nSPS) is 31.2. The Bertz CT molecular complexity index is 521. The van der Waals surface area contributed by atoms with E-state index >= 15 is 0 Å². The Morgan fingerprint density at radius 1 is 0.917 bits per heavy atom. The standard InChI is InChI=1S/C20H27F3O/c1-2-3-13-4-6-14(7-5-13)15-8-9-19(24-12-15)16-10-17(21)20(23)18(22)11-16/h10-11,13-15,19H,2-9,12H2,1H3/t13?,14?,15-,19+/m0/s1. The highest BCUT2D eigenvalue weighted by Gasteiger charge is 2.32.